The van der Waals surface area contributed by atoms with Gasteiger partial charge in [-0.3, -0.25) is 0 Å². The van der Waals surface area contributed by atoms with Gasteiger partial charge in [0.1, 0.15) is 7.05 Å². The van der Waals surface area contributed by atoms with Crippen molar-refractivity contribution >= 4 is 44.1 Å². The largest absolute Gasteiger partial charge is 0.222 e. The van der Waals surface area contributed by atoms with Gasteiger partial charge in [0, 0.05) is 21.2 Å². The first-order valence-corrected chi connectivity index (χ1v) is 16.1. The van der Waals surface area contributed by atoms with Gasteiger partial charge in [-0.1, -0.05) is 82.8 Å². The van der Waals surface area contributed by atoms with Crippen LogP contribution >= 0.6 is 11.8 Å². The second kappa shape index (κ2) is 10.1. The Bertz CT molecular complexity index is 1950. The minimum atomic E-state index is -0.426. The van der Waals surface area contributed by atoms with Crippen molar-refractivity contribution < 1.29 is 4.57 Å². The molecule has 0 bridgehead atoms. The quantitative estimate of drug-likeness (QED) is 0.152. The molecular weight excluding hydrogens is 529 g/mol. The van der Waals surface area contributed by atoms with Crippen LogP contribution in [-0.2, 0) is 26.3 Å². The van der Waals surface area contributed by atoms with E-state index < -0.39 is 5.41 Å². The SMILES string of the molecule is Cc1c2c(c(CC(C)(C)C)c3ccc(CC(C)C)cc13)Sc1cc3cccc(CC(C)(C)C#N)c3c3cc[n+](C)c-2c13. The smallest absolute Gasteiger partial charge is 0.200 e. The number of rotatable bonds is 5. The van der Waals surface area contributed by atoms with Crippen molar-refractivity contribution in [3.05, 3.63) is 77.0 Å². The summed E-state index contributed by atoms with van der Waals surface area (Å²) in [5, 5.41) is 17.8. The van der Waals surface area contributed by atoms with Crippen LogP contribution < -0.4 is 4.57 Å². The average molecular weight is 572 g/mol. The van der Waals surface area contributed by atoms with E-state index in [2.05, 4.69) is 114 Å². The second-order valence-corrected chi connectivity index (χ2v) is 15.8. The van der Waals surface area contributed by atoms with Crippen LogP contribution in [0, 0.1) is 35.0 Å². The summed E-state index contributed by atoms with van der Waals surface area (Å²) in [7, 11) is 2.20. The zero-order valence-corrected chi connectivity index (χ0v) is 27.5. The third kappa shape index (κ3) is 4.88. The Hall–Kier alpha value is -3.35. The van der Waals surface area contributed by atoms with E-state index in [1.807, 2.05) is 25.6 Å². The Kier molecular flexibility index (Phi) is 6.94. The van der Waals surface area contributed by atoms with Gasteiger partial charge in [0.05, 0.1) is 22.4 Å². The third-order valence-corrected chi connectivity index (χ3v) is 9.93. The first kappa shape index (κ1) is 28.8. The zero-order chi connectivity index (χ0) is 30.1. The number of hydrogen-bond acceptors (Lipinski definition) is 2. The fourth-order valence-corrected chi connectivity index (χ4v) is 8.36. The predicted molar refractivity (Wildman–Crippen MR) is 179 cm³/mol. The number of hydrogen-bond donors (Lipinski definition) is 0. The molecule has 0 N–H and O–H groups in total. The molecule has 0 saturated heterocycles. The van der Waals surface area contributed by atoms with Gasteiger partial charge >= 0.3 is 0 Å². The molecule has 1 aliphatic rings. The summed E-state index contributed by atoms with van der Waals surface area (Å²) in [6, 6.07) is 21.1. The number of aryl methyl sites for hydroxylation is 2. The van der Waals surface area contributed by atoms with E-state index in [9.17, 15) is 5.26 Å². The normalized spacial score (nSPS) is 13.3. The predicted octanol–water partition coefficient (Wildman–Crippen LogP) is 10.3. The third-order valence-electron chi connectivity index (χ3n) is 8.73. The van der Waals surface area contributed by atoms with Crippen LogP contribution in [0.3, 0.4) is 0 Å². The molecule has 3 heteroatoms. The summed E-state index contributed by atoms with van der Waals surface area (Å²) in [5.74, 6) is 0.622. The minimum Gasteiger partial charge on any atom is -0.200 e. The number of fused-ring (bicyclic) bond motifs is 5. The standard InChI is InChI=1S/C39H43N2S/c1-23(2)17-25-13-14-28-30(18-25)24(3)33-36-35-29(15-16-41(36)9)34-26(11-10-12-27(34)20-39(7,8)22-40)19-32(35)42-37(33)31(28)21-38(4,5)6/h10-16,18-19,23H,17,20-21H2,1-9H3/q+1. The van der Waals surface area contributed by atoms with E-state index in [-0.39, 0.29) is 5.41 Å². The lowest BCUT2D eigenvalue weighted by atomic mass is 9.82. The van der Waals surface area contributed by atoms with Gasteiger partial charge in [0.15, 0.2) is 6.20 Å². The first-order valence-electron chi connectivity index (χ1n) is 15.3. The van der Waals surface area contributed by atoms with Gasteiger partial charge in [-0.2, -0.15) is 5.26 Å². The summed E-state index contributed by atoms with van der Waals surface area (Å²) >= 11 is 1.97. The Morgan fingerprint density at radius 2 is 1.67 bits per heavy atom. The Balaban J connectivity index is 1.73. The fraction of sp³-hybridized carbons (Fsp3) is 0.385. The lowest BCUT2D eigenvalue weighted by Crippen LogP contribution is -2.32. The average Bonchev–Trinajstić information content (AvgIpc) is 2.91. The van der Waals surface area contributed by atoms with Crippen molar-refractivity contribution in [2.45, 2.75) is 84.4 Å². The van der Waals surface area contributed by atoms with Gasteiger partial charge in [0.2, 0.25) is 5.69 Å². The van der Waals surface area contributed by atoms with Gasteiger partial charge in [-0.05, 0) is 101 Å². The second-order valence-electron chi connectivity index (χ2n) is 14.8. The lowest BCUT2D eigenvalue weighted by Gasteiger charge is -2.28. The topological polar surface area (TPSA) is 27.7 Å². The summed E-state index contributed by atoms with van der Waals surface area (Å²) in [5.41, 5.74) is 7.97. The van der Waals surface area contributed by atoms with Crippen LogP contribution in [0.15, 0.2) is 64.5 Å². The molecule has 0 fully saturated rings. The number of nitriles is 1. The van der Waals surface area contributed by atoms with Crippen molar-refractivity contribution in [1.82, 2.24) is 0 Å². The maximum atomic E-state index is 9.86. The molecule has 2 nitrogen and oxygen atoms in total. The molecule has 42 heavy (non-hydrogen) atoms. The van der Waals surface area contributed by atoms with E-state index in [0.29, 0.717) is 5.92 Å². The maximum Gasteiger partial charge on any atom is 0.222 e. The lowest BCUT2D eigenvalue weighted by molar-refractivity contribution is -0.659. The Morgan fingerprint density at radius 3 is 2.36 bits per heavy atom. The maximum absolute atomic E-state index is 9.86. The molecule has 0 spiro atoms. The van der Waals surface area contributed by atoms with Crippen molar-refractivity contribution in [3.63, 3.8) is 0 Å². The summed E-state index contributed by atoms with van der Waals surface area (Å²) < 4.78 is 2.34. The molecule has 0 unspecified atom stereocenters. The van der Waals surface area contributed by atoms with Gasteiger partial charge in [0.25, 0.3) is 0 Å². The molecule has 0 amide bonds. The number of aromatic nitrogens is 1. The highest BCUT2D eigenvalue weighted by Gasteiger charge is 2.34. The van der Waals surface area contributed by atoms with Crippen LogP contribution in [0.4, 0.5) is 0 Å². The molecular formula is C39H43N2S+. The van der Waals surface area contributed by atoms with Crippen LogP contribution in [0.25, 0.3) is 43.6 Å². The van der Waals surface area contributed by atoms with Crippen LogP contribution in [0.1, 0.15) is 70.7 Å². The summed E-state index contributed by atoms with van der Waals surface area (Å²) in [4.78, 5) is 2.75. The van der Waals surface area contributed by atoms with E-state index in [0.717, 1.165) is 19.3 Å². The first-order chi connectivity index (χ1) is 19.8. The van der Waals surface area contributed by atoms with Gasteiger partial charge in [-0.15, -0.1) is 0 Å². The highest BCUT2D eigenvalue weighted by atomic mass is 32.2. The van der Waals surface area contributed by atoms with E-state index in [4.69, 9.17) is 0 Å². The molecule has 4 aromatic carbocycles. The van der Waals surface area contributed by atoms with Crippen LogP contribution in [0.5, 0.6) is 0 Å². The monoisotopic (exact) mass is 571 g/mol. The van der Waals surface area contributed by atoms with Crippen LogP contribution in [0.2, 0.25) is 0 Å². The number of pyridine rings is 1. The Labute approximate surface area is 255 Å². The highest BCUT2D eigenvalue weighted by Crippen LogP contribution is 2.54. The van der Waals surface area contributed by atoms with E-state index in [1.165, 1.54) is 75.6 Å². The summed E-state index contributed by atoms with van der Waals surface area (Å²) in [6.07, 6.45) is 5.09. The fourth-order valence-electron chi connectivity index (χ4n) is 6.99. The molecule has 0 atom stereocenters. The number of nitrogens with zero attached hydrogens (tertiary/aromatic N) is 2. The molecule has 0 radical (unpaired) electrons. The van der Waals surface area contributed by atoms with Crippen molar-refractivity contribution in [1.29, 1.82) is 5.26 Å². The molecule has 5 aromatic rings. The minimum absolute atomic E-state index is 0.160. The Morgan fingerprint density at radius 1 is 0.905 bits per heavy atom. The highest BCUT2D eigenvalue weighted by molar-refractivity contribution is 8.00. The van der Waals surface area contributed by atoms with Crippen LogP contribution in [-0.4, -0.2) is 0 Å². The van der Waals surface area contributed by atoms with Gasteiger partial charge < -0.3 is 0 Å². The molecule has 0 aliphatic carbocycles. The van der Waals surface area contributed by atoms with Gasteiger partial charge in [-0.25, -0.2) is 4.57 Å². The van der Waals surface area contributed by atoms with Crippen molar-refractivity contribution in [2.24, 2.45) is 23.8 Å². The molecule has 6 rings (SSSR count). The molecule has 1 aliphatic heterocycles. The van der Waals surface area contributed by atoms with E-state index in [1.54, 1.807) is 0 Å². The van der Waals surface area contributed by atoms with Crippen molar-refractivity contribution in [3.8, 4) is 17.3 Å². The summed E-state index contributed by atoms with van der Waals surface area (Å²) in [6.45, 7) is 18.1. The molecule has 214 valence electrons. The number of benzene rings is 4. The van der Waals surface area contributed by atoms with E-state index >= 15 is 0 Å². The molecule has 2 heterocycles. The molecule has 0 saturated carbocycles. The van der Waals surface area contributed by atoms with Crippen molar-refractivity contribution in [2.75, 3.05) is 0 Å². The molecule has 1 aromatic heterocycles. The zero-order valence-electron chi connectivity index (χ0n) is 26.7.